The summed E-state index contributed by atoms with van der Waals surface area (Å²) in [5, 5.41) is 13.9. The lowest BCUT2D eigenvalue weighted by Crippen LogP contribution is -2.26. The predicted molar refractivity (Wildman–Crippen MR) is 86.3 cm³/mol. The van der Waals surface area contributed by atoms with Crippen LogP contribution in [-0.4, -0.2) is 5.11 Å². The number of hydrogen-bond donors (Lipinski definition) is 2. The molecule has 2 aromatic rings. The van der Waals surface area contributed by atoms with E-state index < -0.39 is 0 Å². The zero-order valence-electron chi connectivity index (χ0n) is 12.7. The van der Waals surface area contributed by atoms with Gasteiger partial charge in [0.1, 0.15) is 5.75 Å². The van der Waals surface area contributed by atoms with Crippen molar-refractivity contribution in [1.29, 1.82) is 0 Å². The van der Waals surface area contributed by atoms with E-state index in [1.54, 1.807) is 0 Å². The standard InChI is InChI=1S/C19H23NO/c1-13-8-11-17(18(21)12-13)14(2)20-19(16-9-10-16)15-6-4-3-5-7-15/h3-8,11-12,14,16,19-21H,9-10H2,1-2H3. The summed E-state index contributed by atoms with van der Waals surface area (Å²) in [6, 6.07) is 17.1. The molecule has 0 radical (unpaired) electrons. The maximum atomic E-state index is 10.2. The van der Waals surface area contributed by atoms with E-state index in [1.165, 1.54) is 18.4 Å². The molecule has 0 heterocycles. The average molecular weight is 281 g/mol. The molecule has 2 aromatic carbocycles. The first-order valence-corrected chi connectivity index (χ1v) is 7.75. The predicted octanol–water partition coefficient (Wildman–Crippen LogP) is 4.50. The van der Waals surface area contributed by atoms with Crippen LogP contribution in [0.2, 0.25) is 0 Å². The van der Waals surface area contributed by atoms with Crippen molar-refractivity contribution in [2.45, 2.75) is 38.8 Å². The average Bonchev–Trinajstić information content (AvgIpc) is 3.30. The van der Waals surface area contributed by atoms with E-state index in [2.05, 4.69) is 48.6 Å². The topological polar surface area (TPSA) is 32.3 Å². The van der Waals surface area contributed by atoms with Gasteiger partial charge in [-0.15, -0.1) is 0 Å². The Labute approximate surface area is 126 Å². The van der Waals surface area contributed by atoms with Gasteiger partial charge >= 0.3 is 0 Å². The highest BCUT2D eigenvalue weighted by molar-refractivity contribution is 5.38. The SMILES string of the molecule is Cc1ccc(C(C)NC(c2ccccc2)C2CC2)c(O)c1. The Morgan fingerprint density at radius 2 is 1.81 bits per heavy atom. The number of phenols is 1. The number of hydrogen-bond acceptors (Lipinski definition) is 2. The molecule has 1 saturated carbocycles. The third-order valence-electron chi connectivity index (χ3n) is 4.33. The van der Waals surface area contributed by atoms with E-state index in [0.717, 1.165) is 17.0 Å². The van der Waals surface area contributed by atoms with E-state index >= 15 is 0 Å². The quantitative estimate of drug-likeness (QED) is 0.845. The molecule has 0 aromatic heterocycles. The van der Waals surface area contributed by atoms with Crippen LogP contribution in [0.1, 0.15) is 48.5 Å². The molecule has 0 spiro atoms. The summed E-state index contributed by atoms with van der Waals surface area (Å²) in [4.78, 5) is 0. The Morgan fingerprint density at radius 1 is 1.10 bits per heavy atom. The molecule has 0 saturated heterocycles. The van der Waals surface area contributed by atoms with Crippen molar-refractivity contribution in [3.05, 3.63) is 65.2 Å². The maximum absolute atomic E-state index is 10.2. The minimum absolute atomic E-state index is 0.136. The first-order valence-electron chi connectivity index (χ1n) is 7.75. The lowest BCUT2D eigenvalue weighted by Gasteiger charge is -2.24. The van der Waals surface area contributed by atoms with Crippen molar-refractivity contribution >= 4 is 0 Å². The van der Waals surface area contributed by atoms with Crippen LogP contribution in [0.15, 0.2) is 48.5 Å². The third-order valence-corrected chi connectivity index (χ3v) is 4.33. The van der Waals surface area contributed by atoms with Gasteiger partial charge in [-0.25, -0.2) is 0 Å². The van der Waals surface area contributed by atoms with E-state index in [4.69, 9.17) is 0 Å². The lowest BCUT2D eigenvalue weighted by atomic mass is 9.99. The number of phenolic OH excluding ortho intramolecular Hbond substituents is 1. The molecular formula is C19H23NO. The zero-order chi connectivity index (χ0) is 14.8. The van der Waals surface area contributed by atoms with Crippen molar-refractivity contribution in [3.63, 3.8) is 0 Å². The van der Waals surface area contributed by atoms with Crippen molar-refractivity contribution in [2.75, 3.05) is 0 Å². The number of rotatable bonds is 5. The maximum Gasteiger partial charge on any atom is 0.120 e. The Hall–Kier alpha value is -1.80. The second kappa shape index (κ2) is 5.90. The molecule has 2 heteroatoms. The minimum Gasteiger partial charge on any atom is -0.508 e. The zero-order valence-corrected chi connectivity index (χ0v) is 12.7. The fourth-order valence-corrected chi connectivity index (χ4v) is 2.97. The van der Waals surface area contributed by atoms with E-state index in [0.29, 0.717) is 11.8 Å². The number of nitrogens with one attached hydrogen (secondary N) is 1. The van der Waals surface area contributed by atoms with Crippen LogP contribution < -0.4 is 5.32 Å². The summed E-state index contributed by atoms with van der Waals surface area (Å²) in [6.45, 7) is 4.13. The summed E-state index contributed by atoms with van der Waals surface area (Å²) in [7, 11) is 0. The smallest absolute Gasteiger partial charge is 0.120 e. The fraction of sp³-hybridized carbons (Fsp3) is 0.368. The van der Waals surface area contributed by atoms with Crippen molar-refractivity contribution in [1.82, 2.24) is 5.32 Å². The van der Waals surface area contributed by atoms with Gasteiger partial charge in [-0.05, 0) is 49.8 Å². The number of benzene rings is 2. The van der Waals surface area contributed by atoms with Gasteiger partial charge in [-0.1, -0.05) is 42.5 Å². The third kappa shape index (κ3) is 3.27. The Balaban J connectivity index is 1.79. The summed E-state index contributed by atoms with van der Waals surface area (Å²) >= 11 is 0. The van der Waals surface area contributed by atoms with Crippen LogP contribution in [-0.2, 0) is 0 Å². The van der Waals surface area contributed by atoms with Crippen LogP contribution in [0.5, 0.6) is 5.75 Å². The first-order chi connectivity index (χ1) is 10.1. The number of aryl methyl sites for hydroxylation is 1. The Morgan fingerprint density at radius 3 is 2.43 bits per heavy atom. The van der Waals surface area contributed by atoms with Crippen LogP contribution in [0, 0.1) is 12.8 Å². The minimum atomic E-state index is 0.136. The van der Waals surface area contributed by atoms with Gasteiger partial charge < -0.3 is 10.4 Å². The van der Waals surface area contributed by atoms with Crippen LogP contribution in [0.4, 0.5) is 0 Å². The molecule has 0 amide bonds. The van der Waals surface area contributed by atoms with Gasteiger partial charge in [0.2, 0.25) is 0 Å². The molecule has 2 atom stereocenters. The van der Waals surface area contributed by atoms with E-state index in [1.807, 2.05) is 19.1 Å². The molecule has 2 unspecified atom stereocenters. The second-order valence-corrected chi connectivity index (χ2v) is 6.18. The van der Waals surface area contributed by atoms with E-state index in [9.17, 15) is 5.11 Å². The molecule has 0 aliphatic heterocycles. The van der Waals surface area contributed by atoms with Gasteiger partial charge in [0.25, 0.3) is 0 Å². The highest BCUT2D eigenvalue weighted by Gasteiger charge is 2.33. The highest BCUT2D eigenvalue weighted by atomic mass is 16.3. The molecule has 1 fully saturated rings. The largest absolute Gasteiger partial charge is 0.508 e. The van der Waals surface area contributed by atoms with E-state index in [-0.39, 0.29) is 6.04 Å². The van der Waals surface area contributed by atoms with Crippen LogP contribution in [0.25, 0.3) is 0 Å². The lowest BCUT2D eigenvalue weighted by molar-refractivity contribution is 0.407. The first kappa shape index (κ1) is 14.2. The van der Waals surface area contributed by atoms with Crippen LogP contribution in [0.3, 0.4) is 0 Å². The molecule has 21 heavy (non-hydrogen) atoms. The summed E-state index contributed by atoms with van der Waals surface area (Å²) in [6.07, 6.45) is 2.58. The van der Waals surface area contributed by atoms with Crippen molar-refractivity contribution in [3.8, 4) is 5.75 Å². The monoisotopic (exact) mass is 281 g/mol. The van der Waals surface area contributed by atoms with Gasteiger partial charge in [0.05, 0.1) is 0 Å². The van der Waals surface area contributed by atoms with Gasteiger partial charge in [-0.2, -0.15) is 0 Å². The van der Waals surface area contributed by atoms with Crippen LogP contribution >= 0.6 is 0 Å². The second-order valence-electron chi connectivity index (χ2n) is 6.18. The molecular weight excluding hydrogens is 258 g/mol. The van der Waals surface area contributed by atoms with Gasteiger partial charge in [-0.3, -0.25) is 0 Å². The summed E-state index contributed by atoms with van der Waals surface area (Å²) in [5.41, 5.74) is 3.41. The summed E-state index contributed by atoms with van der Waals surface area (Å²) in [5.74, 6) is 1.11. The van der Waals surface area contributed by atoms with Crippen molar-refractivity contribution in [2.24, 2.45) is 5.92 Å². The molecule has 110 valence electrons. The van der Waals surface area contributed by atoms with Gasteiger partial charge in [0, 0.05) is 17.6 Å². The molecule has 0 bridgehead atoms. The molecule has 1 aliphatic rings. The van der Waals surface area contributed by atoms with Gasteiger partial charge in [0.15, 0.2) is 0 Å². The van der Waals surface area contributed by atoms with Crippen molar-refractivity contribution < 1.29 is 5.11 Å². The fourth-order valence-electron chi connectivity index (χ4n) is 2.97. The highest BCUT2D eigenvalue weighted by Crippen LogP contribution is 2.42. The molecule has 1 aliphatic carbocycles. The molecule has 2 nitrogen and oxygen atoms in total. The molecule has 2 N–H and O–H groups in total. The normalized spacial score (nSPS) is 17.4. The molecule has 3 rings (SSSR count). The number of aromatic hydroxyl groups is 1. The Bertz CT molecular complexity index is 604. The Kier molecular flexibility index (Phi) is 3.98. The summed E-state index contributed by atoms with van der Waals surface area (Å²) < 4.78 is 0.